The Morgan fingerprint density at radius 3 is 2.56 bits per heavy atom. The summed E-state index contributed by atoms with van der Waals surface area (Å²) >= 11 is 0. The standard InChI is InChI=1S/C14H11N3O/c1-18-14-5-3-11-6-10(2-4-13(11)17-14)12-7-15-9-16-8-12/h2-9H,1H3. The zero-order chi connectivity index (χ0) is 12.4. The lowest BCUT2D eigenvalue weighted by atomic mass is 10.1. The SMILES string of the molecule is COc1ccc2cc(-c3cncnc3)ccc2n1. The fourth-order valence-corrected chi connectivity index (χ4v) is 1.85. The summed E-state index contributed by atoms with van der Waals surface area (Å²) < 4.78 is 5.11. The number of rotatable bonds is 2. The van der Waals surface area contributed by atoms with Crippen LogP contribution in [0.5, 0.6) is 5.88 Å². The van der Waals surface area contributed by atoms with E-state index in [-0.39, 0.29) is 0 Å². The summed E-state index contributed by atoms with van der Waals surface area (Å²) in [5, 5.41) is 1.07. The largest absolute Gasteiger partial charge is 0.481 e. The molecule has 18 heavy (non-hydrogen) atoms. The molecule has 0 aliphatic rings. The van der Waals surface area contributed by atoms with Crippen molar-refractivity contribution in [2.24, 2.45) is 0 Å². The van der Waals surface area contributed by atoms with E-state index in [4.69, 9.17) is 4.74 Å². The highest BCUT2D eigenvalue weighted by molar-refractivity contribution is 5.84. The summed E-state index contributed by atoms with van der Waals surface area (Å²) in [6.07, 6.45) is 5.12. The van der Waals surface area contributed by atoms with Gasteiger partial charge in [-0.25, -0.2) is 15.0 Å². The Hall–Kier alpha value is -2.49. The van der Waals surface area contributed by atoms with Gasteiger partial charge >= 0.3 is 0 Å². The fraction of sp³-hybridized carbons (Fsp3) is 0.0714. The molecule has 0 saturated carbocycles. The highest BCUT2D eigenvalue weighted by Gasteiger charge is 2.02. The Morgan fingerprint density at radius 1 is 0.944 bits per heavy atom. The van der Waals surface area contributed by atoms with Gasteiger partial charge in [0.2, 0.25) is 5.88 Å². The van der Waals surface area contributed by atoms with Crippen LogP contribution in [0.4, 0.5) is 0 Å². The average molecular weight is 237 g/mol. The maximum atomic E-state index is 5.11. The number of ether oxygens (including phenoxy) is 1. The third kappa shape index (κ3) is 1.88. The number of pyridine rings is 1. The number of hydrogen-bond acceptors (Lipinski definition) is 4. The monoisotopic (exact) mass is 237 g/mol. The number of methoxy groups -OCH3 is 1. The third-order valence-corrected chi connectivity index (χ3v) is 2.77. The third-order valence-electron chi connectivity index (χ3n) is 2.77. The molecule has 1 aromatic carbocycles. The Balaban J connectivity index is 2.12. The van der Waals surface area contributed by atoms with Crippen molar-refractivity contribution in [3.05, 3.63) is 49.1 Å². The quantitative estimate of drug-likeness (QED) is 0.687. The van der Waals surface area contributed by atoms with Gasteiger partial charge in [0.05, 0.1) is 12.6 Å². The van der Waals surface area contributed by atoms with Gasteiger partial charge in [-0.3, -0.25) is 0 Å². The Bertz CT molecular complexity index is 683. The Kier molecular flexibility index (Phi) is 2.61. The van der Waals surface area contributed by atoms with Crippen LogP contribution in [0.25, 0.3) is 22.0 Å². The first-order chi connectivity index (χ1) is 8.86. The minimum absolute atomic E-state index is 0.623. The van der Waals surface area contributed by atoms with Crippen LogP contribution in [-0.2, 0) is 0 Å². The second kappa shape index (κ2) is 4.41. The lowest BCUT2D eigenvalue weighted by Gasteiger charge is -2.04. The van der Waals surface area contributed by atoms with Crippen molar-refractivity contribution in [3.8, 4) is 17.0 Å². The van der Waals surface area contributed by atoms with Crippen molar-refractivity contribution >= 4 is 10.9 Å². The summed E-state index contributed by atoms with van der Waals surface area (Å²) in [6.45, 7) is 0. The molecule has 88 valence electrons. The van der Waals surface area contributed by atoms with Crippen molar-refractivity contribution < 1.29 is 4.74 Å². The molecule has 0 N–H and O–H groups in total. The first-order valence-electron chi connectivity index (χ1n) is 5.57. The molecule has 0 atom stereocenters. The van der Waals surface area contributed by atoms with Gasteiger partial charge < -0.3 is 4.74 Å². The van der Waals surface area contributed by atoms with Crippen LogP contribution < -0.4 is 4.74 Å². The highest BCUT2D eigenvalue weighted by Crippen LogP contribution is 2.23. The number of benzene rings is 1. The molecule has 3 rings (SSSR count). The van der Waals surface area contributed by atoms with E-state index in [9.17, 15) is 0 Å². The van der Waals surface area contributed by atoms with E-state index in [2.05, 4.69) is 21.0 Å². The molecule has 0 aliphatic carbocycles. The van der Waals surface area contributed by atoms with E-state index in [1.807, 2.05) is 24.3 Å². The van der Waals surface area contributed by atoms with E-state index < -0.39 is 0 Å². The van der Waals surface area contributed by atoms with Gasteiger partial charge in [-0.1, -0.05) is 6.07 Å². The van der Waals surface area contributed by atoms with E-state index in [0.29, 0.717) is 5.88 Å². The highest BCUT2D eigenvalue weighted by atomic mass is 16.5. The number of fused-ring (bicyclic) bond motifs is 1. The van der Waals surface area contributed by atoms with E-state index >= 15 is 0 Å². The second-order valence-electron chi connectivity index (χ2n) is 3.89. The first kappa shape index (κ1) is 10.7. The minimum atomic E-state index is 0.623. The van der Waals surface area contributed by atoms with Crippen molar-refractivity contribution in [1.29, 1.82) is 0 Å². The number of hydrogen-bond donors (Lipinski definition) is 0. The molecule has 2 heterocycles. The van der Waals surface area contributed by atoms with Crippen LogP contribution in [0.15, 0.2) is 49.1 Å². The maximum absolute atomic E-state index is 5.11. The number of nitrogens with zero attached hydrogens (tertiary/aromatic N) is 3. The van der Waals surface area contributed by atoms with Crippen LogP contribution in [0.1, 0.15) is 0 Å². The molecule has 3 aromatic rings. The molecule has 4 heteroatoms. The van der Waals surface area contributed by atoms with Gasteiger partial charge in [0.25, 0.3) is 0 Å². The van der Waals surface area contributed by atoms with E-state index in [0.717, 1.165) is 22.0 Å². The molecule has 0 fully saturated rings. The van der Waals surface area contributed by atoms with E-state index in [1.54, 1.807) is 19.5 Å². The smallest absolute Gasteiger partial charge is 0.213 e. The normalized spacial score (nSPS) is 10.5. The van der Waals surface area contributed by atoms with Crippen molar-refractivity contribution in [2.45, 2.75) is 0 Å². The summed E-state index contributed by atoms with van der Waals surface area (Å²) in [4.78, 5) is 12.4. The lowest BCUT2D eigenvalue weighted by molar-refractivity contribution is 0.399. The number of aromatic nitrogens is 3. The molecule has 0 spiro atoms. The minimum Gasteiger partial charge on any atom is -0.481 e. The maximum Gasteiger partial charge on any atom is 0.213 e. The fourth-order valence-electron chi connectivity index (χ4n) is 1.85. The summed E-state index contributed by atoms with van der Waals surface area (Å²) in [7, 11) is 1.61. The molecule has 2 aromatic heterocycles. The molecular formula is C14H11N3O. The van der Waals surface area contributed by atoms with Crippen LogP contribution in [0.3, 0.4) is 0 Å². The molecule has 0 amide bonds. The lowest BCUT2D eigenvalue weighted by Crippen LogP contribution is -1.88. The van der Waals surface area contributed by atoms with Gasteiger partial charge in [-0.2, -0.15) is 0 Å². The summed E-state index contributed by atoms with van der Waals surface area (Å²) in [5.74, 6) is 0.623. The van der Waals surface area contributed by atoms with Crippen LogP contribution in [0, 0.1) is 0 Å². The average Bonchev–Trinajstić information content (AvgIpc) is 2.47. The zero-order valence-electron chi connectivity index (χ0n) is 9.87. The van der Waals surface area contributed by atoms with Crippen molar-refractivity contribution in [2.75, 3.05) is 7.11 Å². The summed E-state index contributed by atoms with van der Waals surface area (Å²) in [5.41, 5.74) is 2.99. The molecule has 0 radical (unpaired) electrons. The van der Waals surface area contributed by atoms with Crippen LogP contribution >= 0.6 is 0 Å². The molecule has 0 bridgehead atoms. The molecule has 4 nitrogen and oxygen atoms in total. The molecular weight excluding hydrogens is 226 g/mol. The van der Waals surface area contributed by atoms with E-state index in [1.165, 1.54) is 6.33 Å². The van der Waals surface area contributed by atoms with Gasteiger partial charge in [0.1, 0.15) is 6.33 Å². The van der Waals surface area contributed by atoms with Gasteiger partial charge in [0, 0.05) is 29.4 Å². The Morgan fingerprint density at radius 2 is 1.78 bits per heavy atom. The van der Waals surface area contributed by atoms with Crippen LogP contribution in [0.2, 0.25) is 0 Å². The first-order valence-corrected chi connectivity index (χ1v) is 5.57. The predicted octanol–water partition coefficient (Wildman–Crippen LogP) is 2.70. The predicted molar refractivity (Wildman–Crippen MR) is 69.3 cm³/mol. The van der Waals surface area contributed by atoms with Gasteiger partial charge in [-0.05, 0) is 23.8 Å². The second-order valence-corrected chi connectivity index (χ2v) is 3.89. The van der Waals surface area contributed by atoms with Crippen molar-refractivity contribution in [1.82, 2.24) is 15.0 Å². The molecule has 0 aliphatic heterocycles. The van der Waals surface area contributed by atoms with Gasteiger partial charge in [-0.15, -0.1) is 0 Å². The molecule has 0 unspecified atom stereocenters. The Labute approximate surface area is 104 Å². The molecule has 0 saturated heterocycles. The van der Waals surface area contributed by atoms with Crippen molar-refractivity contribution in [3.63, 3.8) is 0 Å². The topological polar surface area (TPSA) is 47.9 Å². The van der Waals surface area contributed by atoms with Crippen LogP contribution in [-0.4, -0.2) is 22.1 Å². The summed E-state index contributed by atoms with van der Waals surface area (Å²) in [6, 6.07) is 9.90. The van der Waals surface area contributed by atoms with Gasteiger partial charge in [0.15, 0.2) is 0 Å². The zero-order valence-corrected chi connectivity index (χ0v) is 9.87.